The van der Waals surface area contributed by atoms with Gasteiger partial charge >= 0.3 is 0 Å². The molecule has 1 aromatic carbocycles. The van der Waals surface area contributed by atoms with E-state index in [-0.39, 0.29) is 22.9 Å². The summed E-state index contributed by atoms with van der Waals surface area (Å²) < 4.78 is 0. The van der Waals surface area contributed by atoms with Crippen LogP contribution < -0.4 is 10.2 Å². The normalized spacial score (nSPS) is 19.0. The van der Waals surface area contributed by atoms with Crippen molar-refractivity contribution in [1.29, 1.82) is 0 Å². The third-order valence-electron chi connectivity index (χ3n) is 3.74. The Labute approximate surface area is 128 Å². The van der Waals surface area contributed by atoms with Crippen LogP contribution in [0.4, 0.5) is 11.4 Å². The predicted octanol–water partition coefficient (Wildman–Crippen LogP) is 2.37. The fraction of sp³-hybridized carbons (Fsp3) is 0.235. The molecule has 1 aliphatic carbocycles. The summed E-state index contributed by atoms with van der Waals surface area (Å²) in [5.41, 5.74) is 2.97. The number of fused-ring (bicyclic) bond motifs is 2. The van der Waals surface area contributed by atoms with Gasteiger partial charge in [0.05, 0.1) is 11.4 Å². The molecule has 5 heteroatoms. The molecular weight excluding hydrogens is 280 g/mol. The van der Waals surface area contributed by atoms with Crippen molar-refractivity contribution < 1.29 is 15.4 Å². The average molecular weight is 297 g/mol. The van der Waals surface area contributed by atoms with Gasteiger partial charge in [-0.25, -0.2) is 10.1 Å². The highest BCUT2D eigenvalue weighted by Gasteiger charge is 2.31. The third-order valence-corrected chi connectivity index (χ3v) is 3.74. The van der Waals surface area contributed by atoms with Crippen LogP contribution in [-0.4, -0.2) is 22.1 Å². The van der Waals surface area contributed by atoms with Crippen molar-refractivity contribution in [2.45, 2.75) is 26.3 Å². The van der Waals surface area contributed by atoms with Crippen molar-refractivity contribution in [3.05, 3.63) is 53.3 Å². The van der Waals surface area contributed by atoms with Crippen LogP contribution in [0.25, 0.3) is 0 Å². The number of hydrogen-bond acceptors (Lipinski definition) is 5. The molecule has 2 aliphatic rings. The Hall–Kier alpha value is -2.53. The fourth-order valence-electron chi connectivity index (χ4n) is 2.59. The van der Waals surface area contributed by atoms with Gasteiger partial charge in [-0.2, -0.15) is 0 Å². The maximum Gasteiger partial charge on any atom is 0.143 e. The Morgan fingerprint density at radius 1 is 1.41 bits per heavy atom. The van der Waals surface area contributed by atoms with E-state index in [2.05, 4.69) is 4.99 Å². The van der Waals surface area contributed by atoms with Crippen molar-refractivity contribution in [3.63, 3.8) is 0 Å². The Morgan fingerprint density at radius 3 is 2.91 bits per heavy atom. The molecule has 3 rings (SSSR count). The largest absolute Gasteiger partial charge is 0.871 e. The van der Waals surface area contributed by atoms with Gasteiger partial charge in [0.25, 0.3) is 0 Å². The number of aliphatic imine (C=N–C) groups is 1. The van der Waals surface area contributed by atoms with E-state index in [1.165, 1.54) is 12.1 Å². The van der Waals surface area contributed by atoms with Crippen molar-refractivity contribution >= 4 is 17.1 Å². The topological polar surface area (TPSA) is 79.1 Å². The van der Waals surface area contributed by atoms with Crippen molar-refractivity contribution in [3.8, 4) is 5.75 Å². The molecule has 1 heterocycles. The van der Waals surface area contributed by atoms with E-state index in [0.717, 1.165) is 16.2 Å². The molecule has 5 nitrogen and oxygen atoms in total. The molecule has 0 amide bonds. The van der Waals surface area contributed by atoms with Gasteiger partial charge in [0.1, 0.15) is 17.5 Å². The fourth-order valence-corrected chi connectivity index (χ4v) is 2.59. The second-order valence-corrected chi connectivity index (χ2v) is 5.63. The summed E-state index contributed by atoms with van der Waals surface area (Å²) in [5, 5.41) is 33.4. The number of phenols is 1. The Balaban J connectivity index is 2.17. The number of phenolic OH excluding ortho intramolecular Hbond substituents is 1. The highest BCUT2D eigenvalue weighted by atomic mass is 16.5. The highest BCUT2D eigenvalue weighted by molar-refractivity contribution is 6.10. The Kier molecular flexibility index (Phi) is 3.50. The van der Waals surface area contributed by atoms with Crippen molar-refractivity contribution in [2.24, 2.45) is 4.99 Å². The quantitative estimate of drug-likeness (QED) is 0.821. The SMILES string of the molecule is CC(C)=CCc1ccc(O)c2c1N=C1C([O-])=CC=CC1N2O. The molecule has 2 N–H and O–H groups in total. The van der Waals surface area contributed by atoms with Crippen molar-refractivity contribution in [2.75, 3.05) is 5.06 Å². The first kappa shape index (κ1) is 14.4. The van der Waals surface area contributed by atoms with Crippen LogP contribution in [0.5, 0.6) is 5.75 Å². The predicted molar refractivity (Wildman–Crippen MR) is 83.6 cm³/mol. The minimum atomic E-state index is -0.658. The van der Waals surface area contributed by atoms with Gasteiger partial charge in [-0.3, -0.25) is 5.21 Å². The molecule has 0 radical (unpaired) electrons. The van der Waals surface area contributed by atoms with Gasteiger partial charge in [0, 0.05) is 0 Å². The number of benzene rings is 1. The van der Waals surface area contributed by atoms with Crippen LogP contribution in [0.3, 0.4) is 0 Å². The molecular formula is C17H17N2O3-. The van der Waals surface area contributed by atoms with Crippen LogP contribution in [0.1, 0.15) is 19.4 Å². The van der Waals surface area contributed by atoms with Gasteiger partial charge in [-0.1, -0.05) is 41.7 Å². The maximum absolute atomic E-state index is 12.0. The molecule has 114 valence electrons. The first-order valence-electron chi connectivity index (χ1n) is 7.10. The summed E-state index contributed by atoms with van der Waals surface area (Å²) in [4.78, 5) is 4.43. The van der Waals surface area contributed by atoms with E-state index in [1.54, 1.807) is 18.2 Å². The number of anilines is 1. The second-order valence-electron chi connectivity index (χ2n) is 5.63. The summed E-state index contributed by atoms with van der Waals surface area (Å²) in [7, 11) is 0. The van der Waals surface area contributed by atoms with E-state index in [0.29, 0.717) is 12.1 Å². The van der Waals surface area contributed by atoms with Gasteiger partial charge in [0.15, 0.2) is 0 Å². The number of rotatable bonds is 2. The lowest BCUT2D eigenvalue weighted by Gasteiger charge is -2.36. The van der Waals surface area contributed by atoms with E-state index in [9.17, 15) is 15.4 Å². The molecule has 0 spiro atoms. The lowest BCUT2D eigenvalue weighted by molar-refractivity contribution is -0.290. The molecule has 1 unspecified atom stereocenters. The van der Waals surface area contributed by atoms with Crippen molar-refractivity contribution in [1.82, 2.24) is 0 Å². The highest BCUT2D eigenvalue weighted by Crippen LogP contribution is 2.44. The van der Waals surface area contributed by atoms with Gasteiger partial charge in [-0.05, 0) is 31.9 Å². The number of allylic oxidation sites excluding steroid dienone is 4. The molecule has 0 fully saturated rings. The summed E-state index contributed by atoms with van der Waals surface area (Å²) in [6.45, 7) is 4.00. The third kappa shape index (κ3) is 2.29. The molecule has 1 atom stereocenters. The van der Waals surface area contributed by atoms with Gasteiger partial charge < -0.3 is 10.2 Å². The molecule has 1 aliphatic heterocycles. The average Bonchev–Trinajstić information content (AvgIpc) is 2.47. The van der Waals surface area contributed by atoms with Crippen LogP contribution in [-0.2, 0) is 6.42 Å². The van der Waals surface area contributed by atoms with Gasteiger partial charge in [-0.15, -0.1) is 0 Å². The molecule has 0 saturated carbocycles. The Bertz CT molecular complexity index is 741. The first-order valence-corrected chi connectivity index (χ1v) is 7.10. The van der Waals surface area contributed by atoms with Crippen LogP contribution >= 0.6 is 0 Å². The standard InChI is InChI=1S/C17H18N2O3/c1-10(2)6-7-11-8-9-14(21)17-15(11)18-16-12(19(17)22)4-3-5-13(16)20/h3-6,8-9,12,20-22H,7H2,1-2H3/p-1. The zero-order valence-corrected chi connectivity index (χ0v) is 12.4. The van der Waals surface area contributed by atoms with E-state index in [4.69, 9.17) is 0 Å². The van der Waals surface area contributed by atoms with E-state index < -0.39 is 6.04 Å². The summed E-state index contributed by atoms with van der Waals surface area (Å²) in [6.07, 6.45) is 7.34. The van der Waals surface area contributed by atoms with E-state index in [1.807, 2.05) is 19.9 Å². The number of aromatic hydroxyl groups is 1. The van der Waals surface area contributed by atoms with E-state index >= 15 is 0 Å². The minimum absolute atomic E-state index is 0.0587. The molecule has 22 heavy (non-hydrogen) atoms. The zero-order chi connectivity index (χ0) is 15.9. The number of nitrogens with zero attached hydrogens (tertiary/aromatic N) is 2. The lowest BCUT2D eigenvalue weighted by atomic mass is 9.98. The summed E-state index contributed by atoms with van der Waals surface area (Å²) in [6, 6.07) is 2.64. The number of hydrogen-bond donors (Lipinski definition) is 2. The second kappa shape index (κ2) is 5.35. The first-order chi connectivity index (χ1) is 10.5. The Morgan fingerprint density at radius 2 is 2.18 bits per heavy atom. The molecule has 0 saturated heterocycles. The van der Waals surface area contributed by atoms with Gasteiger partial charge in [0.2, 0.25) is 0 Å². The molecule has 0 bridgehead atoms. The monoisotopic (exact) mass is 297 g/mol. The van der Waals surface area contributed by atoms with Crippen LogP contribution in [0, 0.1) is 0 Å². The summed E-state index contributed by atoms with van der Waals surface area (Å²) in [5.74, 6) is -0.287. The number of hydroxylamine groups is 1. The maximum atomic E-state index is 12.0. The smallest absolute Gasteiger partial charge is 0.143 e. The van der Waals surface area contributed by atoms with Crippen LogP contribution in [0.2, 0.25) is 0 Å². The van der Waals surface area contributed by atoms with Crippen LogP contribution in [0.15, 0.2) is 52.8 Å². The lowest BCUT2D eigenvalue weighted by Crippen LogP contribution is -2.43. The zero-order valence-electron chi connectivity index (χ0n) is 12.4. The molecule has 0 aromatic heterocycles. The minimum Gasteiger partial charge on any atom is -0.871 e. The summed E-state index contributed by atoms with van der Waals surface area (Å²) >= 11 is 0. The molecule has 1 aromatic rings.